The molecular weight excluding hydrogens is 336 g/mol. The van der Waals surface area contributed by atoms with Crippen LogP contribution in [0.4, 0.5) is 5.95 Å². The van der Waals surface area contributed by atoms with E-state index in [1.54, 1.807) is 50.3 Å². The van der Waals surface area contributed by atoms with Crippen LogP contribution in [0.25, 0.3) is 21.3 Å². The minimum atomic E-state index is 0.430. The van der Waals surface area contributed by atoms with E-state index in [0.717, 1.165) is 32.0 Å². The first kappa shape index (κ1) is 16.8. The number of rotatable bonds is 6. The molecule has 0 radical (unpaired) electrons. The molecule has 0 spiro atoms. The number of aryl methyl sites for hydroxylation is 1. The van der Waals surface area contributed by atoms with Crippen molar-refractivity contribution in [1.29, 1.82) is 5.41 Å². The molecule has 3 heterocycles. The van der Waals surface area contributed by atoms with Crippen LogP contribution in [0.2, 0.25) is 0 Å². The van der Waals surface area contributed by atoms with Gasteiger partial charge < -0.3 is 20.8 Å². The van der Waals surface area contributed by atoms with E-state index in [-0.39, 0.29) is 0 Å². The molecule has 7 nitrogen and oxygen atoms in total. The van der Waals surface area contributed by atoms with E-state index in [4.69, 9.17) is 10.1 Å². The van der Waals surface area contributed by atoms with E-state index >= 15 is 0 Å². The zero-order valence-corrected chi connectivity index (χ0v) is 14.9. The number of thiophene rings is 1. The standard InChI is InChI=1S/C17H18N6OS/c1-10-15(12-8-20-5-4-13(12)24-3)16-14(25-10)9-21-17(23-16)22-11(6-18)7-19-2/h4-9,18-19H,1-3H3,(H,21,22,23)/b11-7+,18-6?. The summed E-state index contributed by atoms with van der Waals surface area (Å²) in [6, 6.07) is 1.83. The second kappa shape index (κ2) is 7.27. The van der Waals surface area contributed by atoms with Crippen LogP contribution in [-0.2, 0) is 0 Å². The van der Waals surface area contributed by atoms with Gasteiger partial charge in [-0.15, -0.1) is 11.3 Å². The fourth-order valence-corrected chi connectivity index (χ4v) is 3.52. The maximum atomic E-state index is 7.44. The fraction of sp³-hybridized carbons (Fsp3) is 0.176. The van der Waals surface area contributed by atoms with Gasteiger partial charge in [-0.2, -0.15) is 0 Å². The van der Waals surface area contributed by atoms with Gasteiger partial charge >= 0.3 is 0 Å². The number of nitrogens with one attached hydrogen (secondary N) is 3. The monoisotopic (exact) mass is 354 g/mol. The van der Waals surface area contributed by atoms with Crippen molar-refractivity contribution in [3.05, 3.63) is 41.4 Å². The highest BCUT2D eigenvalue weighted by atomic mass is 32.1. The first-order valence-electron chi connectivity index (χ1n) is 7.57. The summed E-state index contributed by atoms with van der Waals surface area (Å²) in [6.07, 6.45) is 8.15. The number of aromatic nitrogens is 3. The molecule has 3 rings (SSSR count). The summed E-state index contributed by atoms with van der Waals surface area (Å²) in [5.41, 5.74) is 3.29. The maximum Gasteiger partial charge on any atom is 0.227 e. The normalized spacial score (nSPS) is 11.4. The van der Waals surface area contributed by atoms with E-state index in [1.807, 2.05) is 13.0 Å². The molecule has 25 heavy (non-hydrogen) atoms. The lowest BCUT2D eigenvalue weighted by Crippen LogP contribution is -2.08. The van der Waals surface area contributed by atoms with Crippen molar-refractivity contribution in [2.45, 2.75) is 6.92 Å². The zero-order valence-electron chi connectivity index (χ0n) is 14.1. The molecule has 0 saturated carbocycles. The Kier molecular flexibility index (Phi) is 4.90. The van der Waals surface area contributed by atoms with Crippen LogP contribution in [-0.4, -0.2) is 35.3 Å². The van der Waals surface area contributed by atoms with Crippen molar-refractivity contribution in [3.63, 3.8) is 0 Å². The second-order valence-electron chi connectivity index (χ2n) is 5.17. The molecule has 128 valence electrons. The zero-order chi connectivity index (χ0) is 17.8. The summed E-state index contributed by atoms with van der Waals surface area (Å²) in [4.78, 5) is 14.3. The van der Waals surface area contributed by atoms with Crippen molar-refractivity contribution in [1.82, 2.24) is 20.3 Å². The maximum absolute atomic E-state index is 7.44. The lowest BCUT2D eigenvalue weighted by molar-refractivity contribution is 0.416. The van der Waals surface area contributed by atoms with Crippen LogP contribution in [0.5, 0.6) is 5.75 Å². The highest BCUT2D eigenvalue weighted by molar-refractivity contribution is 7.19. The number of fused-ring (bicyclic) bond motifs is 1. The van der Waals surface area contributed by atoms with Gasteiger partial charge in [0.15, 0.2) is 0 Å². The van der Waals surface area contributed by atoms with Crippen LogP contribution in [0.1, 0.15) is 4.88 Å². The van der Waals surface area contributed by atoms with Gasteiger partial charge in [-0.1, -0.05) is 0 Å². The van der Waals surface area contributed by atoms with Gasteiger partial charge in [0.05, 0.1) is 29.2 Å². The van der Waals surface area contributed by atoms with Gasteiger partial charge in [0.1, 0.15) is 5.75 Å². The molecule has 0 fully saturated rings. The first-order chi connectivity index (χ1) is 12.2. The highest BCUT2D eigenvalue weighted by Crippen LogP contribution is 2.40. The first-order valence-corrected chi connectivity index (χ1v) is 8.39. The molecule has 3 N–H and O–H groups in total. The topological polar surface area (TPSA) is 95.8 Å². The van der Waals surface area contributed by atoms with Gasteiger partial charge in [-0.3, -0.25) is 4.98 Å². The van der Waals surface area contributed by atoms with Crippen molar-refractivity contribution in [2.24, 2.45) is 0 Å². The number of methoxy groups -OCH3 is 1. The predicted molar refractivity (Wildman–Crippen MR) is 101 cm³/mol. The van der Waals surface area contributed by atoms with Gasteiger partial charge in [0, 0.05) is 47.9 Å². The Bertz CT molecular complexity index is 949. The third-order valence-corrected chi connectivity index (χ3v) is 4.62. The average Bonchev–Trinajstić information content (AvgIpc) is 2.96. The molecule has 0 amide bonds. The molecule has 3 aromatic rings. The van der Waals surface area contributed by atoms with E-state index in [1.165, 1.54) is 6.21 Å². The number of ether oxygens (including phenoxy) is 1. The Morgan fingerprint density at radius 2 is 2.20 bits per heavy atom. The van der Waals surface area contributed by atoms with E-state index in [0.29, 0.717) is 11.6 Å². The number of pyridine rings is 1. The molecule has 0 atom stereocenters. The van der Waals surface area contributed by atoms with Crippen molar-refractivity contribution in [2.75, 3.05) is 19.5 Å². The van der Waals surface area contributed by atoms with Gasteiger partial charge in [-0.25, -0.2) is 9.97 Å². The Labute approximate surface area is 149 Å². The number of hydrogen-bond donors (Lipinski definition) is 3. The van der Waals surface area contributed by atoms with Crippen LogP contribution in [0, 0.1) is 12.3 Å². The number of nitrogens with zero attached hydrogens (tertiary/aromatic N) is 3. The van der Waals surface area contributed by atoms with Crippen LogP contribution < -0.4 is 15.4 Å². The third kappa shape index (κ3) is 3.29. The fourth-order valence-electron chi connectivity index (χ4n) is 2.53. The third-order valence-electron chi connectivity index (χ3n) is 3.59. The summed E-state index contributed by atoms with van der Waals surface area (Å²) in [6.45, 7) is 2.05. The van der Waals surface area contributed by atoms with Gasteiger partial charge in [0.2, 0.25) is 5.95 Å². The van der Waals surface area contributed by atoms with Crippen LogP contribution >= 0.6 is 11.3 Å². The van der Waals surface area contributed by atoms with E-state index < -0.39 is 0 Å². The molecule has 8 heteroatoms. The Balaban J connectivity index is 2.13. The molecule has 0 unspecified atom stereocenters. The summed E-state index contributed by atoms with van der Waals surface area (Å²) >= 11 is 1.63. The lowest BCUT2D eigenvalue weighted by Gasteiger charge is -2.08. The molecule has 0 saturated heterocycles. The molecule has 0 aromatic carbocycles. The van der Waals surface area contributed by atoms with Gasteiger partial charge in [0.25, 0.3) is 0 Å². The van der Waals surface area contributed by atoms with E-state index in [2.05, 4.69) is 25.6 Å². The van der Waals surface area contributed by atoms with Gasteiger partial charge in [-0.05, 0) is 13.0 Å². The number of anilines is 1. The Morgan fingerprint density at radius 1 is 1.36 bits per heavy atom. The summed E-state index contributed by atoms with van der Waals surface area (Å²) < 4.78 is 6.46. The molecular formula is C17H18N6OS. The molecule has 0 bridgehead atoms. The summed E-state index contributed by atoms with van der Waals surface area (Å²) in [5.74, 6) is 1.18. The van der Waals surface area contributed by atoms with Crippen LogP contribution in [0.3, 0.4) is 0 Å². The Morgan fingerprint density at radius 3 is 2.92 bits per heavy atom. The number of allylic oxidation sites excluding steroid dienone is 1. The van der Waals surface area contributed by atoms with Crippen molar-refractivity contribution in [3.8, 4) is 16.9 Å². The summed E-state index contributed by atoms with van der Waals surface area (Å²) in [7, 11) is 3.41. The minimum Gasteiger partial charge on any atom is -0.496 e. The lowest BCUT2D eigenvalue weighted by atomic mass is 10.1. The second-order valence-corrected chi connectivity index (χ2v) is 6.43. The van der Waals surface area contributed by atoms with Crippen LogP contribution in [0.15, 0.2) is 36.6 Å². The molecule has 3 aromatic heterocycles. The SMILES string of the molecule is CN/C=C(\C=N)Nc1ncc2sc(C)c(-c3cnccc3OC)c2n1. The average molecular weight is 354 g/mol. The largest absolute Gasteiger partial charge is 0.496 e. The van der Waals surface area contributed by atoms with Crippen molar-refractivity contribution < 1.29 is 4.74 Å². The Hall–Kier alpha value is -3.00. The molecule has 0 aliphatic heterocycles. The summed E-state index contributed by atoms with van der Waals surface area (Å²) in [5, 5.41) is 13.3. The minimum absolute atomic E-state index is 0.430. The number of hydrogen-bond acceptors (Lipinski definition) is 8. The smallest absolute Gasteiger partial charge is 0.227 e. The molecule has 0 aliphatic rings. The predicted octanol–water partition coefficient (Wildman–Crippen LogP) is 3.19. The van der Waals surface area contributed by atoms with E-state index in [9.17, 15) is 0 Å². The quantitative estimate of drug-likeness (QED) is 0.588. The highest BCUT2D eigenvalue weighted by Gasteiger charge is 2.17. The molecule has 0 aliphatic carbocycles. The van der Waals surface area contributed by atoms with Crippen molar-refractivity contribution >= 4 is 33.7 Å².